The molecular formula is C13H28N2O. The van der Waals surface area contributed by atoms with Crippen molar-refractivity contribution in [3.8, 4) is 0 Å². The van der Waals surface area contributed by atoms with Crippen molar-refractivity contribution in [1.82, 2.24) is 5.32 Å². The normalized spacial score (nSPS) is 32.6. The van der Waals surface area contributed by atoms with Crippen LogP contribution in [0.4, 0.5) is 0 Å². The van der Waals surface area contributed by atoms with Crippen LogP contribution in [-0.2, 0) is 0 Å². The van der Waals surface area contributed by atoms with E-state index in [1.807, 2.05) is 0 Å². The van der Waals surface area contributed by atoms with Crippen LogP contribution in [0.1, 0.15) is 52.4 Å². The molecule has 3 unspecified atom stereocenters. The first-order valence-corrected chi connectivity index (χ1v) is 6.77. The number of hydrogen-bond acceptors (Lipinski definition) is 3. The maximum absolute atomic E-state index is 8.97. The van der Waals surface area contributed by atoms with Gasteiger partial charge in [-0.25, -0.2) is 0 Å². The number of rotatable bonds is 6. The van der Waals surface area contributed by atoms with E-state index in [1.54, 1.807) is 0 Å². The zero-order chi connectivity index (χ0) is 12.0. The van der Waals surface area contributed by atoms with Crippen LogP contribution in [0.3, 0.4) is 0 Å². The van der Waals surface area contributed by atoms with Gasteiger partial charge < -0.3 is 16.2 Å². The third-order valence-corrected chi connectivity index (χ3v) is 4.16. The maximum Gasteiger partial charge on any atom is 0.0445 e. The molecule has 0 aromatic carbocycles. The van der Waals surface area contributed by atoms with Gasteiger partial charge in [-0.05, 0) is 32.1 Å². The van der Waals surface area contributed by atoms with E-state index in [4.69, 9.17) is 10.8 Å². The van der Waals surface area contributed by atoms with Crippen LogP contribution < -0.4 is 11.1 Å². The molecule has 16 heavy (non-hydrogen) atoms. The van der Waals surface area contributed by atoms with Gasteiger partial charge in [-0.3, -0.25) is 0 Å². The van der Waals surface area contributed by atoms with Gasteiger partial charge in [0.05, 0.1) is 0 Å². The Bertz CT molecular complexity index is 198. The Balaban J connectivity index is 2.65. The summed E-state index contributed by atoms with van der Waals surface area (Å²) >= 11 is 0. The van der Waals surface area contributed by atoms with E-state index >= 15 is 0 Å². The molecule has 0 aromatic heterocycles. The highest BCUT2D eigenvalue weighted by Crippen LogP contribution is 2.35. The van der Waals surface area contributed by atoms with Crippen LogP contribution in [0, 0.1) is 5.92 Å². The second kappa shape index (κ2) is 6.58. The number of nitrogens with two attached hydrogens (primary N) is 1. The van der Waals surface area contributed by atoms with E-state index in [9.17, 15) is 0 Å². The van der Waals surface area contributed by atoms with Gasteiger partial charge in [0.2, 0.25) is 0 Å². The fourth-order valence-electron chi connectivity index (χ4n) is 3.18. The monoisotopic (exact) mass is 228 g/mol. The van der Waals surface area contributed by atoms with Gasteiger partial charge in [-0.2, -0.15) is 0 Å². The van der Waals surface area contributed by atoms with Crippen molar-refractivity contribution in [2.24, 2.45) is 11.7 Å². The third-order valence-electron chi connectivity index (χ3n) is 4.16. The van der Waals surface area contributed by atoms with E-state index in [-0.39, 0.29) is 12.1 Å². The lowest BCUT2D eigenvalue weighted by Gasteiger charge is -2.46. The number of aliphatic hydroxyl groups is 1. The Labute approximate surface area is 99.8 Å². The molecule has 0 spiro atoms. The molecule has 1 fully saturated rings. The van der Waals surface area contributed by atoms with Crippen LogP contribution in [0.15, 0.2) is 0 Å². The van der Waals surface area contributed by atoms with Crippen molar-refractivity contribution in [3.05, 3.63) is 0 Å². The topological polar surface area (TPSA) is 58.3 Å². The predicted molar refractivity (Wildman–Crippen MR) is 68.3 cm³/mol. The lowest BCUT2D eigenvalue weighted by Crippen LogP contribution is -2.60. The van der Waals surface area contributed by atoms with E-state index in [0.717, 1.165) is 13.0 Å². The van der Waals surface area contributed by atoms with Gasteiger partial charge in [0.15, 0.2) is 0 Å². The number of aliphatic hydroxyl groups excluding tert-OH is 1. The molecule has 4 N–H and O–H groups in total. The van der Waals surface area contributed by atoms with E-state index in [1.165, 1.54) is 32.1 Å². The molecule has 0 aromatic rings. The van der Waals surface area contributed by atoms with Crippen LogP contribution >= 0.6 is 0 Å². The van der Waals surface area contributed by atoms with Gasteiger partial charge in [0.25, 0.3) is 0 Å². The lowest BCUT2D eigenvalue weighted by molar-refractivity contribution is 0.123. The molecule has 0 bridgehead atoms. The maximum atomic E-state index is 8.97. The SMILES string of the molecule is CCC1CCCCC1(CN)NC(C)CCO. The summed E-state index contributed by atoms with van der Waals surface area (Å²) in [4.78, 5) is 0. The second-order valence-electron chi connectivity index (χ2n) is 5.27. The van der Waals surface area contributed by atoms with Crippen molar-refractivity contribution in [2.45, 2.75) is 64.0 Å². The van der Waals surface area contributed by atoms with Crippen LogP contribution in [0.5, 0.6) is 0 Å². The average molecular weight is 228 g/mol. The molecule has 0 heterocycles. The molecule has 3 atom stereocenters. The summed E-state index contributed by atoms with van der Waals surface area (Å²) in [5, 5.41) is 12.7. The summed E-state index contributed by atoms with van der Waals surface area (Å²) in [5.74, 6) is 0.701. The first-order chi connectivity index (χ1) is 7.68. The Morgan fingerprint density at radius 3 is 2.81 bits per heavy atom. The van der Waals surface area contributed by atoms with E-state index < -0.39 is 0 Å². The highest BCUT2D eigenvalue weighted by atomic mass is 16.3. The van der Waals surface area contributed by atoms with Crippen molar-refractivity contribution in [2.75, 3.05) is 13.2 Å². The fraction of sp³-hybridized carbons (Fsp3) is 1.00. The summed E-state index contributed by atoms with van der Waals surface area (Å²) in [6, 6.07) is 0.362. The van der Waals surface area contributed by atoms with Crippen molar-refractivity contribution < 1.29 is 5.11 Å². The minimum atomic E-state index is 0.127. The molecule has 3 nitrogen and oxygen atoms in total. The summed E-state index contributed by atoms with van der Waals surface area (Å²) in [6.45, 7) is 5.39. The van der Waals surface area contributed by atoms with Crippen LogP contribution in [0.2, 0.25) is 0 Å². The molecule has 3 heteroatoms. The predicted octanol–water partition coefficient (Wildman–Crippen LogP) is 1.64. The Morgan fingerprint density at radius 1 is 1.50 bits per heavy atom. The van der Waals surface area contributed by atoms with E-state index in [2.05, 4.69) is 19.2 Å². The van der Waals surface area contributed by atoms with Crippen molar-refractivity contribution in [3.63, 3.8) is 0 Å². The molecule has 1 aliphatic carbocycles. The Kier molecular flexibility index (Phi) is 5.73. The average Bonchev–Trinajstić information content (AvgIpc) is 2.29. The summed E-state index contributed by atoms with van der Waals surface area (Å²) in [5.41, 5.74) is 6.15. The molecule has 1 saturated carbocycles. The van der Waals surface area contributed by atoms with Gasteiger partial charge in [0.1, 0.15) is 0 Å². The van der Waals surface area contributed by atoms with Crippen LogP contribution in [-0.4, -0.2) is 29.8 Å². The van der Waals surface area contributed by atoms with Crippen molar-refractivity contribution >= 4 is 0 Å². The lowest BCUT2D eigenvalue weighted by atomic mass is 9.71. The van der Waals surface area contributed by atoms with E-state index in [0.29, 0.717) is 12.0 Å². The summed E-state index contributed by atoms with van der Waals surface area (Å²) in [6.07, 6.45) is 7.14. The molecule has 1 rings (SSSR count). The molecular weight excluding hydrogens is 200 g/mol. The van der Waals surface area contributed by atoms with Gasteiger partial charge in [0, 0.05) is 24.7 Å². The van der Waals surface area contributed by atoms with Crippen LogP contribution in [0.25, 0.3) is 0 Å². The van der Waals surface area contributed by atoms with Gasteiger partial charge in [-0.1, -0.05) is 26.2 Å². The molecule has 0 radical (unpaired) electrons. The standard InChI is InChI=1S/C13H28N2O/c1-3-12-6-4-5-8-13(12,10-14)15-11(2)7-9-16/h11-12,15-16H,3-10,14H2,1-2H3. The largest absolute Gasteiger partial charge is 0.396 e. The highest BCUT2D eigenvalue weighted by molar-refractivity contribution is 4.98. The molecule has 0 saturated heterocycles. The number of hydrogen-bond donors (Lipinski definition) is 3. The minimum Gasteiger partial charge on any atom is -0.396 e. The van der Waals surface area contributed by atoms with Crippen molar-refractivity contribution in [1.29, 1.82) is 0 Å². The summed E-state index contributed by atoms with van der Waals surface area (Å²) in [7, 11) is 0. The third kappa shape index (κ3) is 3.19. The fourth-order valence-corrected chi connectivity index (χ4v) is 3.18. The van der Waals surface area contributed by atoms with Gasteiger partial charge >= 0.3 is 0 Å². The summed E-state index contributed by atoms with van der Waals surface area (Å²) < 4.78 is 0. The Morgan fingerprint density at radius 2 is 2.25 bits per heavy atom. The first-order valence-electron chi connectivity index (χ1n) is 6.77. The molecule has 1 aliphatic rings. The first kappa shape index (κ1) is 13.9. The zero-order valence-corrected chi connectivity index (χ0v) is 10.8. The Hall–Kier alpha value is -0.120. The zero-order valence-electron chi connectivity index (χ0n) is 10.8. The molecule has 0 aliphatic heterocycles. The molecule has 0 amide bonds. The quantitative estimate of drug-likeness (QED) is 0.648. The minimum absolute atomic E-state index is 0.127. The second-order valence-corrected chi connectivity index (χ2v) is 5.27. The smallest absolute Gasteiger partial charge is 0.0445 e. The van der Waals surface area contributed by atoms with Gasteiger partial charge in [-0.15, -0.1) is 0 Å². The molecule has 96 valence electrons. The number of nitrogens with one attached hydrogen (secondary N) is 1. The highest BCUT2D eigenvalue weighted by Gasteiger charge is 2.38.